The van der Waals surface area contributed by atoms with Crippen molar-refractivity contribution in [2.24, 2.45) is 0 Å². The second-order valence-electron chi connectivity index (χ2n) is 9.74. The zero-order valence-corrected chi connectivity index (χ0v) is 20.6. The summed E-state index contributed by atoms with van der Waals surface area (Å²) < 4.78 is 7.60. The van der Waals surface area contributed by atoms with E-state index in [1.165, 1.54) is 24.8 Å². The van der Waals surface area contributed by atoms with E-state index in [1.54, 1.807) is 6.20 Å². The van der Waals surface area contributed by atoms with Gasteiger partial charge >= 0.3 is 0 Å². The lowest BCUT2D eigenvalue weighted by Crippen LogP contribution is -2.38. The number of nitrogens with zero attached hydrogens (tertiary/aromatic N) is 6. The summed E-state index contributed by atoms with van der Waals surface area (Å²) in [5.74, 6) is 2.82. The first-order valence-corrected chi connectivity index (χ1v) is 13.1. The molecule has 3 aromatic heterocycles. The third kappa shape index (κ3) is 4.05. The second-order valence-corrected chi connectivity index (χ2v) is 9.74. The highest BCUT2D eigenvalue weighted by Gasteiger charge is 2.27. The van der Waals surface area contributed by atoms with Gasteiger partial charge < -0.3 is 9.64 Å². The van der Waals surface area contributed by atoms with E-state index in [-0.39, 0.29) is 0 Å². The molecule has 1 saturated carbocycles. The summed E-state index contributed by atoms with van der Waals surface area (Å²) in [5, 5.41) is 4.93. The maximum Gasteiger partial charge on any atom is 0.255 e. The van der Waals surface area contributed by atoms with Gasteiger partial charge in [0.2, 0.25) is 5.82 Å². The normalized spacial score (nSPS) is 16.2. The Hall–Kier alpha value is -4.10. The number of ether oxygens (including phenoxy) is 1. The van der Waals surface area contributed by atoms with Crippen LogP contribution in [-0.4, -0.2) is 50.9 Å². The molecule has 7 rings (SSSR count). The fraction of sp³-hybridized carbons (Fsp3) is 0.267. The van der Waals surface area contributed by atoms with Crippen LogP contribution < -0.4 is 4.90 Å². The van der Waals surface area contributed by atoms with Crippen molar-refractivity contribution in [2.75, 3.05) is 31.2 Å². The van der Waals surface area contributed by atoms with Gasteiger partial charge in [0, 0.05) is 24.8 Å². The molecule has 4 heterocycles. The smallest absolute Gasteiger partial charge is 0.255 e. The van der Waals surface area contributed by atoms with E-state index in [9.17, 15) is 0 Å². The molecule has 0 amide bonds. The van der Waals surface area contributed by atoms with Crippen molar-refractivity contribution in [1.82, 2.24) is 24.6 Å². The Morgan fingerprint density at radius 3 is 2.27 bits per heavy atom. The lowest BCUT2D eigenvalue weighted by atomic mass is 9.80. The first kappa shape index (κ1) is 22.1. The Bertz CT molecular complexity index is 1520. The molecule has 1 aliphatic carbocycles. The van der Waals surface area contributed by atoms with E-state index in [1.807, 2.05) is 28.8 Å². The number of aromatic nitrogens is 5. The standard InChI is InChI=1S/C30H28N6O/c1-2-7-23(8-3-1)26-27(24-14-12-22(13-15-24)21-9-6-10-21)32-30-33-28(25-11-4-5-16-31-25)34-36(30)29(26)35-17-19-37-20-18-35/h1-5,7-8,11-16,21H,6,9-10,17-20H2. The monoisotopic (exact) mass is 488 g/mol. The van der Waals surface area contributed by atoms with Crippen LogP contribution in [0.1, 0.15) is 30.7 Å². The summed E-state index contributed by atoms with van der Waals surface area (Å²) in [6.45, 7) is 2.89. The highest BCUT2D eigenvalue weighted by molar-refractivity contribution is 5.90. The molecule has 2 aromatic carbocycles. The van der Waals surface area contributed by atoms with Gasteiger partial charge in [-0.05, 0) is 42.0 Å². The second kappa shape index (κ2) is 9.41. The third-order valence-corrected chi connectivity index (χ3v) is 7.49. The third-order valence-electron chi connectivity index (χ3n) is 7.49. The van der Waals surface area contributed by atoms with Gasteiger partial charge in [0.1, 0.15) is 11.5 Å². The molecule has 1 aliphatic heterocycles. The molecule has 37 heavy (non-hydrogen) atoms. The van der Waals surface area contributed by atoms with E-state index >= 15 is 0 Å². The lowest BCUT2D eigenvalue weighted by Gasteiger charge is -2.31. The van der Waals surface area contributed by atoms with Crippen LogP contribution in [0.15, 0.2) is 79.0 Å². The van der Waals surface area contributed by atoms with Crippen LogP contribution in [0.25, 0.3) is 39.7 Å². The van der Waals surface area contributed by atoms with Crippen molar-refractivity contribution in [2.45, 2.75) is 25.2 Å². The van der Waals surface area contributed by atoms with Crippen molar-refractivity contribution in [3.05, 3.63) is 84.6 Å². The molecule has 0 N–H and O–H groups in total. The van der Waals surface area contributed by atoms with E-state index in [0.29, 0.717) is 30.7 Å². The van der Waals surface area contributed by atoms with E-state index in [0.717, 1.165) is 47.0 Å². The Labute approximate surface area is 215 Å². The molecular weight excluding hydrogens is 460 g/mol. The molecule has 2 fully saturated rings. The summed E-state index contributed by atoms with van der Waals surface area (Å²) in [6.07, 6.45) is 5.67. The Morgan fingerprint density at radius 2 is 1.57 bits per heavy atom. The SMILES string of the molecule is c1ccc(-c2c(-c3ccc(C4CCC4)cc3)nc3nc(-c4ccccn4)nn3c2N2CCOCC2)cc1. The number of fused-ring (bicyclic) bond motifs is 1. The number of anilines is 1. The number of pyridine rings is 1. The van der Waals surface area contributed by atoms with Gasteiger partial charge in [0.25, 0.3) is 5.78 Å². The predicted octanol–water partition coefficient (Wildman–Crippen LogP) is 5.62. The number of benzene rings is 2. The maximum absolute atomic E-state index is 5.71. The number of hydrogen-bond donors (Lipinski definition) is 0. The minimum absolute atomic E-state index is 0.569. The summed E-state index contributed by atoms with van der Waals surface area (Å²) in [5.41, 5.74) is 6.32. The molecule has 7 nitrogen and oxygen atoms in total. The zero-order chi connectivity index (χ0) is 24.6. The largest absolute Gasteiger partial charge is 0.378 e. The molecule has 0 unspecified atom stereocenters. The molecule has 0 spiro atoms. The average Bonchev–Trinajstić information content (AvgIpc) is 3.37. The Balaban J connectivity index is 1.48. The summed E-state index contributed by atoms with van der Waals surface area (Å²) in [7, 11) is 0. The van der Waals surface area contributed by atoms with Crippen LogP contribution in [0.5, 0.6) is 0 Å². The highest BCUT2D eigenvalue weighted by atomic mass is 16.5. The van der Waals surface area contributed by atoms with Crippen LogP contribution in [0, 0.1) is 0 Å². The fourth-order valence-corrected chi connectivity index (χ4v) is 5.29. The van der Waals surface area contributed by atoms with Crippen molar-refractivity contribution >= 4 is 11.6 Å². The fourth-order valence-electron chi connectivity index (χ4n) is 5.29. The number of rotatable bonds is 5. The Morgan fingerprint density at radius 1 is 0.784 bits per heavy atom. The summed E-state index contributed by atoms with van der Waals surface area (Å²) >= 11 is 0. The van der Waals surface area contributed by atoms with Gasteiger partial charge in [-0.2, -0.15) is 9.50 Å². The molecule has 0 radical (unpaired) electrons. The van der Waals surface area contributed by atoms with Gasteiger partial charge in [0.05, 0.1) is 24.5 Å². The van der Waals surface area contributed by atoms with Crippen LogP contribution in [0.3, 0.4) is 0 Å². The van der Waals surface area contributed by atoms with Crippen molar-refractivity contribution < 1.29 is 4.74 Å². The average molecular weight is 489 g/mol. The van der Waals surface area contributed by atoms with Gasteiger partial charge in [-0.1, -0.05) is 67.1 Å². The molecule has 0 atom stereocenters. The molecule has 0 bridgehead atoms. The summed E-state index contributed by atoms with van der Waals surface area (Å²) in [4.78, 5) is 16.8. The van der Waals surface area contributed by atoms with Gasteiger partial charge in [-0.3, -0.25) is 4.98 Å². The molecule has 7 heteroatoms. The van der Waals surface area contributed by atoms with Crippen molar-refractivity contribution in [3.8, 4) is 33.9 Å². The van der Waals surface area contributed by atoms with Crippen LogP contribution >= 0.6 is 0 Å². The van der Waals surface area contributed by atoms with E-state index in [4.69, 9.17) is 19.8 Å². The number of hydrogen-bond acceptors (Lipinski definition) is 6. The summed E-state index contributed by atoms with van der Waals surface area (Å²) in [6, 6.07) is 25.3. The molecule has 184 valence electrons. The van der Waals surface area contributed by atoms with Crippen molar-refractivity contribution in [1.29, 1.82) is 0 Å². The van der Waals surface area contributed by atoms with Gasteiger partial charge in [-0.25, -0.2) is 4.98 Å². The first-order chi connectivity index (χ1) is 18.3. The van der Waals surface area contributed by atoms with E-state index < -0.39 is 0 Å². The topological polar surface area (TPSA) is 68.4 Å². The van der Waals surface area contributed by atoms with E-state index in [2.05, 4.69) is 58.4 Å². The first-order valence-electron chi connectivity index (χ1n) is 13.1. The van der Waals surface area contributed by atoms with Crippen molar-refractivity contribution in [3.63, 3.8) is 0 Å². The molecule has 2 aliphatic rings. The molecular formula is C30H28N6O. The lowest BCUT2D eigenvalue weighted by molar-refractivity contribution is 0.122. The van der Waals surface area contributed by atoms with Gasteiger partial charge in [-0.15, -0.1) is 5.10 Å². The quantitative estimate of drug-likeness (QED) is 0.320. The minimum atomic E-state index is 0.569. The molecule has 1 saturated heterocycles. The maximum atomic E-state index is 5.71. The number of morpholine rings is 1. The van der Waals surface area contributed by atoms with Crippen LogP contribution in [0.2, 0.25) is 0 Å². The Kier molecular flexibility index (Phi) is 5.63. The van der Waals surface area contributed by atoms with Crippen LogP contribution in [-0.2, 0) is 4.74 Å². The van der Waals surface area contributed by atoms with Gasteiger partial charge in [0.15, 0.2) is 0 Å². The highest BCUT2D eigenvalue weighted by Crippen LogP contribution is 2.41. The van der Waals surface area contributed by atoms with Crippen LogP contribution in [0.4, 0.5) is 5.82 Å². The molecule has 5 aromatic rings. The predicted molar refractivity (Wildman–Crippen MR) is 145 cm³/mol. The zero-order valence-electron chi connectivity index (χ0n) is 20.6. The minimum Gasteiger partial charge on any atom is -0.378 e.